The lowest BCUT2D eigenvalue weighted by Gasteiger charge is -2.13. The monoisotopic (exact) mass is 429 g/mol. The van der Waals surface area contributed by atoms with Crippen molar-refractivity contribution in [2.45, 2.75) is 46.4 Å². The van der Waals surface area contributed by atoms with E-state index in [2.05, 4.69) is 74.9 Å². The minimum absolute atomic E-state index is 0.532. The Labute approximate surface area is 168 Å². The predicted octanol–water partition coefficient (Wildman–Crippen LogP) is 4.74. The van der Waals surface area contributed by atoms with E-state index in [1.807, 2.05) is 18.2 Å². The van der Waals surface area contributed by atoms with E-state index in [9.17, 15) is 0 Å². The number of unbranched alkanes of at least 4 members (excludes halogenated alkanes) is 1. The molecule has 27 heavy (non-hydrogen) atoms. The van der Waals surface area contributed by atoms with Gasteiger partial charge in [0.2, 0.25) is 5.95 Å². The molecule has 6 nitrogen and oxygen atoms in total. The molecule has 0 saturated heterocycles. The van der Waals surface area contributed by atoms with Crippen molar-refractivity contribution in [2.75, 3.05) is 5.32 Å². The first kappa shape index (κ1) is 19.4. The van der Waals surface area contributed by atoms with E-state index in [4.69, 9.17) is 4.74 Å². The number of hydrogen-bond acceptors (Lipinski definition) is 5. The van der Waals surface area contributed by atoms with Crippen LogP contribution in [0.15, 0.2) is 46.9 Å². The van der Waals surface area contributed by atoms with Crippen LogP contribution in [0.4, 0.5) is 5.95 Å². The van der Waals surface area contributed by atoms with Crippen molar-refractivity contribution >= 4 is 21.9 Å². The van der Waals surface area contributed by atoms with Gasteiger partial charge in [-0.05, 0) is 47.5 Å². The molecule has 2 aromatic carbocycles. The fourth-order valence-corrected chi connectivity index (χ4v) is 3.16. The number of halogens is 1. The number of nitrogens with zero attached hydrogens (tertiary/aromatic N) is 4. The average molecular weight is 430 g/mol. The second-order valence-electron chi connectivity index (χ2n) is 6.46. The Hall–Kier alpha value is -2.41. The zero-order valence-corrected chi connectivity index (χ0v) is 17.2. The number of ether oxygens (including phenoxy) is 1. The first-order valence-corrected chi connectivity index (χ1v) is 9.92. The number of anilines is 1. The van der Waals surface area contributed by atoms with Gasteiger partial charge in [-0.3, -0.25) is 0 Å². The molecular formula is C20H24BrN5O. The Balaban J connectivity index is 1.68. The number of hydrogen-bond donors (Lipinski definition) is 1. The Morgan fingerprint density at radius 1 is 1.19 bits per heavy atom. The van der Waals surface area contributed by atoms with Gasteiger partial charge in [-0.1, -0.05) is 64.2 Å². The second-order valence-corrected chi connectivity index (χ2v) is 7.38. The molecule has 3 aromatic rings. The zero-order chi connectivity index (χ0) is 19.1. The molecule has 0 aliphatic carbocycles. The average Bonchev–Trinajstić information content (AvgIpc) is 3.11. The molecule has 0 spiro atoms. The van der Waals surface area contributed by atoms with Crippen molar-refractivity contribution in [1.29, 1.82) is 0 Å². The summed E-state index contributed by atoms with van der Waals surface area (Å²) in [5, 5.41) is 15.2. The Morgan fingerprint density at radius 2 is 2.07 bits per heavy atom. The molecule has 0 saturated carbocycles. The van der Waals surface area contributed by atoms with E-state index >= 15 is 0 Å². The van der Waals surface area contributed by atoms with Crippen molar-refractivity contribution in [3.8, 4) is 5.75 Å². The largest absolute Gasteiger partial charge is 0.489 e. The van der Waals surface area contributed by atoms with Gasteiger partial charge in [-0.25, -0.2) is 4.68 Å². The van der Waals surface area contributed by atoms with E-state index < -0.39 is 0 Å². The normalized spacial score (nSPS) is 10.8. The van der Waals surface area contributed by atoms with Gasteiger partial charge >= 0.3 is 0 Å². The number of benzene rings is 2. The van der Waals surface area contributed by atoms with Crippen molar-refractivity contribution in [2.24, 2.45) is 0 Å². The molecule has 142 valence electrons. The van der Waals surface area contributed by atoms with Gasteiger partial charge in [0.25, 0.3) is 0 Å². The Kier molecular flexibility index (Phi) is 6.81. The molecule has 3 rings (SSSR count). The summed E-state index contributed by atoms with van der Waals surface area (Å²) in [5.41, 5.74) is 3.43. The summed E-state index contributed by atoms with van der Waals surface area (Å²) < 4.78 is 8.89. The van der Waals surface area contributed by atoms with Crippen molar-refractivity contribution in [3.63, 3.8) is 0 Å². The summed E-state index contributed by atoms with van der Waals surface area (Å²) >= 11 is 3.54. The SMILES string of the molecule is CCCCn1nnnc1NCc1cc(Br)ccc1OCc1cccc(C)c1. The third-order valence-corrected chi connectivity index (χ3v) is 4.68. The van der Waals surface area contributed by atoms with Crippen LogP contribution in [0, 0.1) is 6.92 Å². The quantitative estimate of drug-likeness (QED) is 0.532. The smallest absolute Gasteiger partial charge is 0.243 e. The summed E-state index contributed by atoms with van der Waals surface area (Å²) in [7, 11) is 0. The molecule has 1 heterocycles. The molecule has 0 bridgehead atoms. The molecule has 1 aromatic heterocycles. The second kappa shape index (κ2) is 9.50. The van der Waals surface area contributed by atoms with E-state index in [0.717, 1.165) is 40.7 Å². The molecule has 0 radical (unpaired) electrons. The van der Waals surface area contributed by atoms with Crippen molar-refractivity contribution < 1.29 is 4.74 Å². The van der Waals surface area contributed by atoms with Gasteiger partial charge in [0.05, 0.1) is 0 Å². The van der Waals surface area contributed by atoms with Gasteiger partial charge in [0.15, 0.2) is 0 Å². The molecule has 0 fully saturated rings. The molecule has 7 heteroatoms. The van der Waals surface area contributed by atoms with Crippen molar-refractivity contribution in [3.05, 3.63) is 63.6 Å². The van der Waals surface area contributed by atoms with Crippen LogP contribution in [-0.2, 0) is 19.7 Å². The van der Waals surface area contributed by atoms with Gasteiger partial charge in [0, 0.05) is 23.1 Å². The van der Waals surface area contributed by atoms with E-state index in [1.165, 1.54) is 5.56 Å². The summed E-state index contributed by atoms with van der Waals surface area (Å²) in [6.07, 6.45) is 2.14. The number of rotatable bonds is 9. The van der Waals surface area contributed by atoms with Crippen LogP contribution in [0.5, 0.6) is 5.75 Å². The van der Waals surface area contributed by atoms with E-state index in [-0.39, 0.29) is 0 Å². The van der Waals surface area contributed by atoms with Crippen LogP contribution in [0.2, 0.25) is 0 Å². The van der Waals surface area contributed by atoms with Crippen LogP contribution in [0.1, 0.15) is 36.5 Å². The molecule has 0 atom stereocenters. The first-order chi connectivity index (χ1) is 13.2. The third kappa shape index (κ3) is 5.53. The lowest BCUT2D eigenvalue weighted by atomic mass is 10.1. The third-order valence-electron chi connectivity index (χ3n) is 4.19. The molecule has 1 N–H and O–H groups in total. The van der Waals surface area contributed by atoms with Gasteiger partial charge in [-0.2, -0.15) is 0 Å². The maximum atomic E-state index is 6.08. The van der Waals surface area contributed by atoms with Crippen LogP contribution in [0.25, 0.3) is 0 Å². The first-order valence-electron chi connectivity index (χ1n) is 9.12. The van der Waals surface area contributed by atoms with Gasteiger partial charge in [-0.15, -0.1) is 0 Å². The molecular weight excluding hydrogens is 406 g/mol. The zero-order valence-electron chi connectivity index (χ0n) is 15.7. The Morgan fingerprint density at radius 3 is 2.89 bits per heavy atom. The van der Waals surface area contributed by atoms with E-state index in [0.29, 0.717) is 19.1 Å². The minimum Gasteiger partial charge on any atom is -0.489 e. The highest BCUT2D eigenvalue weighted by atomic mass is 79.9. The standard InChI is InChI=1S/C20H24BrN5O/c1-3-4-10-26-20(23-24-25-26)22-13-17-12-18(21)8-9-19(17)27-14-16-7-5-6-15(2)11-16/h5-9,11-12H,3-4,10,13-14H2,1-2H3,(H,22,23,25). The highest BCUT2D eigenvalue weighted by molar-refractivity contribution is 9.10. The van der Waals surface area contributed by atoms with Gasteiger partial charge < -0.3 is 10.1 Å². The number of tetrazole rings is 1. The minimum atomic E-state index is 0.532. The number of aryl methyl sites for hydroxylation is 2. The van der Waals surface area contributed by atoms with Gasteiger partial charge in [0.1, 0.15) is 12.4 Å². The summed E-state index contributed by atoms with van der Waals surface area (Å²) in [4.78, 5) is 0. The fraction of sp³-hybridized carbons (Fsp3) is 0.350. The molecule has 0 unspecified atom stereocenters. The van der Waals surface area contributed by atoms with Crippen LogP contribution in [0.3, 0.4) is 0 Å². The highest BCUT2D eigenvalue weighted by Crippen LogP contribution is 2.25. The molecule has 0 amide bonds. The molecule has 0 aliphatic heterocycles. The summed E-state index contributed by atoms with van der Waals surface area (Å²) in [5.74, 6) is 1.52. The lowest BCUT2D eigenvalue weighted by Crippen LogP contribution is -2.10. The topological polar surface area (TPSA) is 64.9 Å². The maximum Gasteiger partial charge on any atom is 0.243 e. The number of aromatic nitrogens is 4. The summed E-state index contributed by atoms with van der Waals surface area (Å²) in [6, 6.07) is 14.4. The fourth-order valence-electron chi connectivity index (χ4n) is 2.75. The number of nitrogens with one attached hydrogen (secondary N) is 1. The van der Waals surface area contributed by atoms with Crippen LogP contribution < -0.4 is 10.1 Å². The summed E-state index contributed by atoms with van der Waals surface area (Å²) in [6.45, 7) is 6.15. The Bertz CT molecular complexity index is 880. The van der Waals surface area contributed by atoms with Crippen molar-refractivity contribution in [1.82, 2.24) is 20.2 Å². The van der Waals surface area contributed by atoms with Crippen LogP contribution >= 0.6 is 15.9 Å². The highest BCUT2D eigenvalue weighted by Gasteiger charge is 2.09. The molecule has 0 aliphatic rings. The maximum absolute atomic E-state index is 6.08. The van der Waals surface area contributed by atoms with Crippen LogP contribution in [-0.4, -0.2) is 20.2 Å². The lowest BCUT2D eigenvalue weighted by molar-refractivity contribution is 0.303. The predicted molar refractivity (Wildman–Crippen MR) is 110 cm³/mol. The van der Waals surface area contributed by atoms with E-state index in [1.54, 1.807) is 4.68 Å².